The van der Waals surface area contributed by atoms with Crippen LogP contribution in [0.3, 0.4) is 0 Å². The summed E-state index contributed by atoms with van der Waals surface area (Å²) in [6.45, 7) is 2.66. The second-order valence-corrected chi connectivity index (χ2v) is 4.41. The van der Waals surface area contributed by atoms with E-state index in [4.69, 9.17) is 9.84 Å². The highest BCUT2D eigenvalue weighted by atomic mass is 16.5. The molecule has 2 aromatic rings. The highest BCUT2D eigenvalue weighted by Crippen LogP contribution is 2.05. The van der Waals surface area contributed by atoms with Crippen LogP contribution in [0.2, 0.25) is 0 Å². The van der Waals surface area contributed by atoms with Crippen LogP contribution in [0.4, 0.5) is 0 Å². The molecule has 0 aliphatic heterocycles. The molecule has 1 heterocycles. The average molecular weight is 272 g/mol. The molecule has 0 saturated heterocycles. The molecule has 0 radical (unpaired) electrons. The number of aromatic carboxylic acids is 1. The zero-order valence-electron chi connectivity index (χ0n) is 11.2. The molecule has 0 fully saturated rings. The molecule has 2 rings (SSSR count). The molecule has 0 saturated carbocycles. The van der Waals surface area contributed by atoms with Crippen LogP contribution < -0.4 is 0 Å². The molecule has 0 amide bonds. The lowest BCUT2D eigenvalue weighted by atomic mass is 10.2. The second-order valence-electron chi connectivity index (χ2n) is 4.41. The third-order valence-corrected chi connectivity index (χ3v) is 2.81. The van der Waals surface area contributed by atoms with Crippen LogP contribution in [0.5, 0.6) is 0 Å². The Bertz CT molecular complexity index is 585. The van der Waals surface area contributed by atoms with E-state index in [1.54, 1.807) is 6.92 Å². The molecule has 1 N–H and O–H groups in total. The maximum atomic E-state index is 11.0. The van der Waals surface area contributed by atoms with E-state index in [2.05, 4.69) is 9.97 Å². The number of rotatable bonds is 6. The molecule has 0 aliphatic carbocycles. The van der Waals surface area contributed by atoms with Crippen molar-refractivity contribution in [3.63, 3.8) is 0 Å². The van der Waals surface area contributed by atoms with Gasteiger partial charge in [-0.1, -0.05) is 30.3 Å². The molecule has 20 heavy (non-hydrogen) atoms. The van der Waals surface area contributed by atoms with Crippen LogP contribution in [0.15, 0.2) is 36.5 Å². The van der Waals surface area contributed by atoms with Crippen molar-refractivity contribution in [2.45, 2.75) is 20.0 Å². The zero-order chi connectivity index (χ0) is 14.4. The predicted octanol–water partition coefficient (Wildman–Crippen LogP) is 2.24. The Labute approximate surface area is 117 Å². The van der Waals surface area contributed by atoms with Crippen molar-refractivity contribution in [1.82, 2.24) is 9.97 Å². The van der Waals surface area contributed by atoms with Crippen LogP contribution in [0.1, 0.15) is 27.4 Å². The van der Waals surface area contributed by atoms with E-state index in [0.29, 0.717) is 31.0 Å². The minimum absolute atomic E-state index is 0.0538. The Balaban J connectivity index is 1.85. The van der Waals surface area contributed by atoms with Crippen LogP contribution in [-0.4, -0.2) is 27.7 Å². The Kier molecular flexibility index (Phi) is 4.79. The summed E-state index contributed by atoms with van der Waals surface area (Å²) >= 11 is 0. The SMILES string of the molecule is Cc1cnc(CCOCc2ccccc2)nc1C(=O)O. The van der Waals surface area contributed by atoms with Gasteiger partial charge in [-0.15, -0.1) is 0 Å². The highest BCUT2D eigenvalue weighted by Gasteiger charge is 2.10. The van der Waals surface area contributed by atoms with E-state index >= 15 is 0 Å². The smallest absolute Gasteiger partial charge is 0.354 e. The number of hydrogen-bond acceptors (Lipinski definition) is 4. The lowest BCUT2D eigenvalue weighted by Gasteiger charge is -2.05. The van der Waals surface area contributed by atoms with Gasteiger partial charge < -0.3 is 9.84 Å². The van der Waals surface area contributed by atoms with Crippen molar-refractivity contribution >= 4 is 5.97 Å². The van der Waals surface area contributed by atoms with Gasteiger partial charge in [-0.05, 0) is 12.5 Å². The van der Waals surface area contributed by atoms with Gasteiger partial charge >= 0.3 is 5.97 Å². The number of benzene rings is 1. The normalized spacial score (nSPS) is 10.4. The topological polar surface area (TPSA) is 72.3 Å². The molecule has 104 valence electrons. The van der Waals surface area contributed by atoms with Crippen LogP contribution in [0, 0.1) is 6.92 Å². The number of carboxylic acids is 1. The first-order valence-electron chi connectivity index (χ1n) is 6.34. The Morgan fingerprint density at radius 2 is 2.05 bits per heavy atom. The third-order valence-electron chi connectivity index (χ3n) is 2.81. The average Bonchev–Trinajstić information content (AvgIpc) is 2.46. The third kappa shape index (κ3) is 3.86. The second kappa shape index (κ2) is 6.77. The van der Waals surface area contributed by atoms with E-state index in [-0.39, 0.29) is 5.69 Å². The molecular formula is C15H16N2O3. The van der Waals surface area contributed by atoms with Gasteiger partial charge in [0.1, 0.15) is 5.82 Å². The van der Waals surface area contributed by atoms with Gasteiger partial charge in [0.15, 0.2) is 5.69 Å². The summed E-state index contributed by atoms with van der Waals surface area (Å²) in [5, 5.41) is 8.99. The van der Waals surface area contributed by atoms with Gasteiger partial charge in [0, 0.05) is 18.2 Å². The van der Waals surface area contributed by atoms with E-state index in [9.17, 15) is 4.79 Å². The first-order valence-corrected chi connectivity index (χ1v) is 6.34. The highest BCUT2D eigenvalue weighted by molar-refractivity contribution is 5.86. The summed E-state index contributed by atoms with van der Waals surface area (Å²) in [6.07, 6.45) is 2.02. The van der Waals surface area contributed by atoms with Crippen LogP contribution in [-0.2, 0) is 17.8 Å². The molecule has 0 atom stereocenters. The molecule has 0 unspecified atom stereocenters. The van der Waals surface area contributed by atoms with Gasteiger partial charge in [-0.3, -0.25) is 0 Å². The lowest BCUT2D eigenvalue weighted by molar-refractivity contribution is 0.0688. The van der Waals surface area contributed by atoms with Crippen molar-refractivity contribution in [2.75, 3.05) is 6.61 Å². The summed E-state index contributed by atoms with van der Waals surface area (Å²) in [5.74, 6) is -0.544. The fraction of sp³-hybridized carbons (Fsp3) is 0.267. The summed E-state index contributed by atoms with van der Waals surface area (Å²) in [7, 11) is 0. The van der Waals surface area contributed by atoms with Gasteiger partial charge in [0.05, 0.1) is 13.2 Å². The summed E-state index contributed by atoms with van der Waals surface area (Å²) < 4.78 is 5.53. The first kappa shape index (κ1) is 14.1. The summed E-state index contributed by atoms with van der Waals surface area (Å²) in [5.41, 5.74) is 1.72. The fourth-order valence-corrected chi connectivity index (χ4v) is 1.74. The van der Waals surface area contributed by atoms with Gasteiger partial charge in [-0.25, -0.2) is 14.8 Å². The van der Waals surface area contributed by atoms with Crippen molar-refractivity contribution in [3.05, 3.63) is 59.2 Å². The molecular weight excluding hydrogens is 256 g/mol. The summed E-state index contributed by atoms with van der Waals surface area (Å²) in [6, 6.07) is 9.86. The molecule has 1 aromatic heterocycles. The maximum absolute atomic E-state index is 11.0. The first-order chi connectivity index (χ1) is 9.66. The minimum atomic E-state index is -1.03. The number of nitrogens with zero attached hydrogens (tertiary/aromatic N) is 2. The maximum Gasteiger partial charge on any atom is 0.354 e. The number of ether oxygens (including phenoxy) is 1. The Morgan fingerprint density at radius 3 is 2.75 bits per heavy atom. The van der Waals surface area contributed by atoms with Crippen LogP contribution >= 0.6 is 0 Å². The Hall–Kier alpha value is -2.27. The fourth-order valence-electron chi connectivity index (χ4n) is 1.74. The molecule has 5 nitrogen and oxygen atoms in total. The molecule has 0 aliphatic rings. The molecule has 0 spiro atoms. The quantitative estimate of drug-likeness (QED) is 0.816. The Morgan fingerprint density at radius 1 is 1.30 bits per heavy atom. The van der Waals surface area contributed by atoms with Crippen molar-refractivity contribution in [2.24, 2.45) is 0 Å². The van der Waals surface area contributed by atoms with E-state index in [0.717, 1.165) is 5.56 Å². The predicted molar refractivity (Wildman–Crippen MR) is 73.5 cm³/mol. The van der Waals surface area contributed by atoms with E-state index < -0.39 is 5.97 Å². The molecule has 0 bridgehead atoms. The standard InChI is InChI=1S/C15H16N2O3/c1-11-9-16-13(17-14(11)15(18)19)7-8-20-10-12-5-3-2-4-6-12/h2-6,9H,7-8,10H2,1H3,(H,18,19). The number of hydrogen-bond donors (Lipinski definition) is 1. The number of aryl methyl sites for hydroxylation is 1. The van der Waals surface area contributed by atoms with Crippen molar-refractivity contribution in [3.8, 4) is 0 Å². The number of aromatic nitrogens is 2. The zero-order valence-corrected chi connectivity index (χ0v) is 11.2. The van der Waals surface area contributed by atoms with Gasteiger partial charge in [-0.2, -0.15) is 0 Å². The number of carbonyl (C=O) groups is 1. The van der Waals surface area contributed by atoms with E-state index in [1.165, 1.54) is 6.20 Å². The minimum Gasteiger partial charge on any atom is -0.477 e. The van der Waals surface area contributed by atoms with Crippen LogP contribution in [0.25, 0.3) is 0 Å². The monoisotopic (exact) mass is 272 g/mol. The van der Waals surface area contributed by atoms with Gasteiger partial charge in [0.25, 0.3) is 0 Å². The van der Waals surface area contributed by atoms with Crippen molar-refractivity contribution < 1.29 is 14.6 Å². The summed E-state index contributed by atoms with van der Waals surface area (Å²) in [4.78, 5) is 19.1. The molecule has 1 aromatic carbocycles. The van der Waals surface area contributed by atoms with Gasteiger partial charge in [0.2, 0.25) is 0 Å². The number of carboxylic acid groups (broad SMARTS) is 1. The lowest BCUT2D eigenvalue weighted by Crippen LogP contribution is -2.10. The molecule has 5 heteroatoms. The largest absolute Gasteiger partial charge is 0.477 e. The van der Waals surface area contributed by atoms with Crippen molar-refractivity contribution in [1.29, 1.82) is 0 Å². The van der Waals surface area contributed by atoms with E-state index in [1.807, 2.05) is 30.3 Å².